The van der Waals surface area contributed by atoms with E-state index < -0.39 is 26.6 Å². The molecule has 0 unspecified atom stereocenters. The maximum absolute atomic E-state index is 6.14. The second kappa shape index (κ2) is 6.13. The molecule has 0 rings (SSSR count). The largest absolute Gasteiger partial charge is 0.440 e. The first-order valence-corrected chi connectivity index (χ1v) is 13.0. The number of hydrogen-bond acceptors (Lipinski definition) is 2. The van der Waals surface area contributed by atoms with Crippen LogP contribution in [-0.4, -0.2) is 26.6 Å². The van der Waals surface area contributed by atoms with E-state index in [4.69, 9.17) is 8.23 Å². The molecule has 13 heavy (non-hydrogen) atoms. The van der Waals surface area contributed by atoms with Crippen LogP contribution < -0.4 is 0 Å². The van der Waals surface area contributed by atoms with Crippen LogP contribution in [0.25, 0.3) is 0 Å². The van der Waals surface area contributed by atoms with Gasteiger partial charge in [-0.1, -0.05) is 13.8 Å². The third kappa shape index (κ3) is 6.62. The lowest BCUT2D eigenvalue weighted by Crippen LogP contribution is -2.43. The van der Waals surface area contributed by atoms with Crippen molar-refractivity contribution in [3.63, 3.8) is 0 Å². The van der Waals surface area contributed by atoms with Crippen molar-refractivity contribution in [3.8, 4) is 0 Å². The normalized spacial score (nSPS) is 12.9. The van der Waals surface area contributed by atoms with Crippen molar-refractivity contribution in [1.29, 1.82) is 0 Å². The highest BCUT2D eigenvalue weighted by Crippen LogP contribution is 2.13. The van der Waals surface area contributed by atoms with Crippen LogP contribution in [0.5, 0.6) is 0 Å². The molecule has 0 saturated heterocycles. The Kier molecular flexibility index (Phi) is 6.40. The van der Waals surface area contributed by atoms with Gasteiger partial charge in [0.1, 0.15) is 0 Å². The van der Waals surface area contributed by atoms with Crippen LogP contribution in [0.15, 0.2) is 0 Å². The summed E-state index contributed by atoms with van der Waals surface area (Å²) < 4.78 is 12.1. The Morgan fingerprint density at radius 2 is 1.46 bits per heavy atom. The van der Waals surface area contributed by atoms with Crippen LogP contribution in [0.1, 0.15) is 13.8 Å². The van der Waals surface area contributed by atoms with Crippen LogP contribution in [0.2, 0.25) is 38.3 Å². The van der Waals surface area contributed by atoms with E-state index in [9.17, 15) is 0 Å². The molecule has 0 bridgehead atoms. The van der Waals surface area contributed by atoms with Crippen molar-refractivity contribution in [1.82, 2.24) is 0 Å². The summed E-state index contributed by atoms with van der Waals surface area (Å²) in [5.74, 6) is 0. The fourth-order valence-corrected chi connectivity index (χ4v) is 11.8. The van der Waals surface area contributed by atoms with Crippen molar-refractivity contribution in [2.75, 3.05) is 0 Å². The van der Waals surface area contributed by atoms with Crippen molar-refractivity contribution in [2.45, 2.75) is 52.1 Å². The monoisotopic (exact) mass is 236 g/mol. The Morgan fingerprint density at radius 1 is 1.00 bits per heavy atom. The van der Waals surface area contributed by atoms with Gasteiger partial charge >= 0.3 is 8.56 Å². The Balaban J connectivity index is 3.98. The molecule has 80 valence electrons. The van der Waals surface area contributed by atoms with Gasteiger partial charge in [-0.3, -0.25) is 0 Å². The first-order chi connectivity index (χ1) is 5.91. The van der Waals surface area contributed by atoms with Gasteiger partial charge in [-0.05, 0) is 38.3 Å². The maximum Gasteiger partial charge on any atom is 0.310 e. The van der Waals surface area contributed by atoms with Gasteiger partial charge in [-0.2, -0.15) is 0 Å². The molecule has 0 aromatic carbocycles. The van der Waals surface area contributed by atoms with E-state index in [1.807, 2.05) is 0 Å². The van der Waals surface area contributed by atoms with E-state index >= 15 is 0 Å². The number of hydrogen-bond donors (Lipinski definition) is 0. The van der Waals surface area contributed by atoms with Crippen molar-refractivity contribution in [2.24, 2.45) is 0 Å². The molecule has 0 aliphatic rings. The molecule has 0 aliphatic carbocycles. The highest BCUT2D eigenvalue weighted by atomic mass is 28.5. The Bertz CT molecular complexity index is 135. The topological polar surface area (TPSA) is 18.5 Å². The van der Waals surface area contributed by atoms with Gasteiger partial charge in [0.15, 0.2) is 18.1 Å². The molecular weight excluding hydrogens is 212 g/mol. The summed E-state index contributed by atoms with van der Waals surface area (Å²) in [6.45, 7) is 13.3. The molecule has 2 nitrogen and oxygen atoms in total. The molecule has 0 aromatic heterocycles. The van der Waals surface area contributed by atoms with Crippen LogP contribution in [0.4, 0.5) is 0 Å². The van der Waals surface area contributed by atoms with Crippen LogP contribution in [-0.2, 0) is 8.23 Å². The first-order valence-electron chi connectivity index (χ1n) is 5.27. The Hall–Kier alpha value is 0.571. The molecule has 0 N–H and O–H groups in total. The van der Waals surface area contributed by atoms with Gasteiger partial charge in [0.2, 0.25) is 0 Å². The maximum atomic E-state index is 6.14. The molecule has 0 saturated carbocycles. The third-order valence-electron chi connectivity index (χ3n) is 1.88. The zero-order chi connectivity index (χ0) is 10.5. The molecule has 0 atom stereocenters. The minimum Gasteiger partial charge on any atom is -0.440 e. The summed E-state index contributed by atoms with van der Waals surface area (Å²) in [6, 6.07) is 2.46. The molecule has 0 aliphatic heterocycles. The molecule has 0 radical (unpaired) electrons. The average molecular weight is 237 g/mol. The van der Waals surface area contributed by atoms with Crippen molar-refractivity contribution in [3.05, 3.63) is 0 Å². The second-order valence-electron chi connectivity index (χ2n) is 4.12. The summed E-state index contributed by atoms with van der Waals surface area (Å²) in [4.78, 5) is 0. The zero-order valence-electron chi connectivity index (χ0n) is 9.89. The van der Waals surface area contributed by atoms with Gasteiger partial charge in [-0.15, -0.1) is 0 Å². The van der Waals surface area contributed by atoms with Gasteiger partial charge in [0, 0.05) is 0 Å². The SMILES string of the molecule is CC[SiH](CC)O[Si](C)(C)O[SiH](C)C. The highest BCUT2D eigenvalue weighted by Gasteiger charge is 2.28. The van der Waals surface area contributed by atoms with Crippen molar-refractivity contribution >= 4 is 26.6 Å². The third-order valence-corrected chi connectivity index (χ3v) is 11.5. The summed E-state index contributed by atoms with van der Waals surface area (Å²) >= 11 is 0. The fourth-order valence-electron chi connectivity index (χ4n) is 1.45. The average Bonchev–Trinajstić information content (AvgIpc) is 1.97. The molecule has 5 heteroatoms. The van der Waals surface area contributed by atoms with E-state index in [1.54, 1.807) is 0 Å². The lowest BCUT2D eigenvalue weighted by atomic mass is 11.0. The first kappa shape index (κ1) is 13.6. The van der Waals surface area contributed by atoms with Gasteiger partial charge in [0.25, 0.3) is 0 Å². The predicted molar refractivity (Wildman–Crippen MR) is 66.6 cm³/mol. The molecule has 0 fully saturated rings. The Labute approximate surface area is 87.4 Å². The summed E-state index contributed by atoms with van der Waals surface area (Å²) in [5.41, 5.74) is 0. The zero-order valence-corrected chi connectivity index (χ0v) is 13.2. The quantitative estimate of drug-likeness (QED) is 0.660. The molecule has 0 spiro atoms. The van der Waals surface area contributed by atoms with E-state index in [0.29, 0.717) is 0 Å². The standard InChI is InChI=1S/C8H24O2Si3/c1-7-12(8-2)10-13(5,6)9-11(3)4/h11-12H,7-8H2,1-6H3. The smallest absolute Gasteiger partial charge is 0.310 e. The fraction of sp³-hybridized carbons (Fsp3) is 1.00. The molecule has 0 heterocycles. The Morgan fingerprint density at radius 3 is 1.77 bits per heavy atom. The van der Waals surface area contributed by atoms with E-state index in [0.717, 1.165) is 0 Å². The van der Waals surface area contributed by atoms with Crippen LogP contribution in [0.3, 0.4) is 0 Å². The van der Waals surface area contributed by atoms with Crippen LogP contribution in [0, 0.1) is 0 Å². The summed E-state index contributed by atoms with van der Waals surface area (Å²) in [7, 11) is -3.58. The summed E-state index contributed by atoms with van der Waals surface area (Å²) in [6.07, 6.45) is 0. The van der Waals surface area contributed by atoms with Crippen molar-refractivity contribution < 1.29 is 8.23 Å². The summed E-state index contributed by atoms with van der Waals surface area (Å²) in [5, 5.41) is 0. The lowest BCUT2D eigenvalue weighted by molar-refractivity contribution is 0.410. The molecular formula is C8H24O2Si3. The van der Waals surface area contributed by atoms with Gasteiger partial charge in [0.05, 0.1) is 0 Å². The van der Waals surface area contributed by atoms with E-state index in [2.05, 4.69) is 40.0 Å². The van der Waals surface area contributed by atoms with Crippen LogP contribution >= 0.6 is 0 Å². The van der Waals surface area contributed by atoms with Gasteiger partial charge < -0.3 is 8.23 Å². The van der Waals surface area contributed by atoms with Gasteiger partial charge in [-0.25, -0.2) is 0 Å². The highest BCUT2D eigenvalue weighted by molar-refractivity contribution is 6.78. The molecule has 0 amide bonds. The lowest BCUT2D eigenvalue weighted by Gasteiger charge is -2.29. The minimum absolute atomic E-state index is 0.917. The van der Waals surface area contributed by atoms with E-state index in [1.165, 1.54) is 12.1 Å². The second-order valence-corrected chi connectivity index (χ2v) is 13.8. The molecule has 0 aromatic rings. The number of rotatable bonds is 6. The predicted octanol–water partition coefficient (Wildman–Crippen LogP) is 2.47. The minimum atomic E-state index is -1.75. The van der Waals surface area contributed by atoms with E-state index in [-0.39, 0.29) is 0 Å².